The molecule has 1 aromatic carbocycles. The van der Waals surface area contributed by atoms with E-state index in [0.717, 1.165) is 11.0 Å². The van der Waals surface area contributed by atoms with Crippen LogP contribution in [0.5, 0.6) is 11.5 Å². The fourth-order valence-corrected chi connectivity index (χ4v) is 2.12. The van der Waals surface area contributed by atoms with Gasteiger partial charge in [-0.3, -0.25) is 4.98 Å². The molecule has 0 fully saturated rings. The molecule has 0 saturated carbocycles. The highest BCUT2D eigenvalue weighted by Gasteiger charge is 2.13. The largest absolute Gasteiger partial charge is 0.479 e. The predicted octanol–water partition coefficient (Wildman–Crippen LogP) is 2.43. The van der Waals surface area contributed by atoms with Gasteiger partial charge < -0.3 is 14.5 Å². The molecule has 3 rings (SSSR count). The van der Waals surface area contributed by atoms with Crippen LogP contribution in [0.3, 0.4) is 0 Å². The van der Waals surface area contributed by atoms with E-state index in [9.17, 15) is 0 Å². The summed E-state index contributed by atoms with van der Waals surface area (Å²) in [5, 5.41) is 17.3. The van der Waals surface area contributed by atoms with Crippen LogP contribution < -0.4 is 9.47 Å². The number of nitrogens with one attached hydrogen (secondary N) is 1. The lowest BCUT2D eigenvalue weighted by atomic mass is 10.2. The highest BCUT2D eigenvalue weighted by molar-refractivity contribution is 5.80. The summed E-state index contributed by atoms with van der Waals surface area (Å²) < 4.78 is 10.7. The second-order valence-corrected chi connectivity index (χ2v) is 4.53. The molecular formula is C16H11N5O2. The first kappa shape index (κ1) is 14.4. The fraction of sp³-hybridized carbons (Fsp3) is 0.125. The van der Waals surface area contributed by atoms with Crippen molar-refractivity contribution in [3.8, 4) is 35.0 Å². The topological polar surface area (TPSA) is 108 Å². The van der Waals surface area contributed by atoms with E-state index in [4.69, 9.17) is 20.0 Å². The first-order chi connectivity index (χ1) is 11.3. The number of ether oxygens (including phenoxy) is 2. The van der Waals surface area contributed by atoms with Gasteiger partial charge in [-0.15, -0.1) is 0 Å². The number of aromatic amines is 1. The molecule has 0 saturated heterocycles. The van der Waals surface area contributed by atoms with Gasteiger partial charge in [-0.1, -0.05) is 0 Å². The van der Waals surface area contributed by atoms with Gasteiger partial charge in [0.05, 0.1) is 17.3 Å². The summed E-state index contributed by atoms with van der Waals surface area (Å²) >= 11 is 0. The lowest BCUT2D eigenvalue weighted by Gasteiger charge is -2.10. The van der Waals surface area contributed by atoms with Crippen LogP contribution in [0.1, 0.15) is 0 Å². The van der Waals surface area contributed by atoms with E-state index in [2.05, 4.69) is 15.0 Å². The second kappa shape index (κ2) is 6.46. The Bertz CT molecular complexity index is 887. The van der Waals surface area contributed by atoms with Gasteiger partial charge >= 0.3 is 0 Å². The van der Waals surface area contributed by atoms with E-state index in [1.54, 1.807) is 30.6 Å². The molecule has 0 aliphatic heterocycles. The molecule has 2 aromatic heterocycles. The highest BCUT2D eigenvalue weighted by atomic mass is 16.5. The van der Waals surface area contributed by atoms with E-state index in [1.165, 1.54) is 0 Å². The molecule has 23 heavy (non-hydrogen) atoms. The summed E-state index contributed by atoms with van der Waals surface area (Å²) in [7, 11) is 0. The zero-order valence-electron chi connectivity index (χ0n) is 12.0. The normalized spacial score (nSPS) is 10.0. The van der Waals surface area contributed by atoms with Crippen molar-refractivity contribution in [3.05, 3.63) is 36.7 Å². The van der Waals surface area contributed by atoms with E-state index in [0.29, 0.717) is 22.9 Å². The molecule has 112 valence electrons. The van der Waals surface area contributed by atoms with Gasteiger partial charge in [0.25, 0.3) is 0 Å². The van der Waals surface area contributed by atoms with Gasteiger partial charge in [0, 0.05) is 12.3 Å². The Labute approximate surface area is 131 Å². The van der Waals surface area contributed by atoms with Crippen molar-refractivity contribution in [2.75, 3.05) is 13.2 Å². The van der Waals surface area contributed by atoms with Crippen LogP contribution in [-0.2, 0) is 0 Å². The molecule has 1 N–H and O–H groups in total. The minimum atomic E-state index is -0.101. The number of imidazole rings is 1. The quantitative estimate of drug-likeness (QED) is 0.775. The van der Waals surface area contributed by atoms with Gasteiger partial charge in [-0.05, 0) is 18.2 Å². The van der Waals surface area contributed by atoms with E-state index in [-0.39, 0.29) is 13.2 Å². The number of hydrogen-bond donors (Lipinski definition) is 1. The summed E-state index contributed by atoms with van der Waals surface area (Å²) in [6.45, 7) is -0.163. The Balaban J connectivity index is 2.02. The average Bonchev–Trinajstić information content (AvgIpc) is 3.02. The molecule has 0 aliphatic carbocycles. The molecule has 0 radical (unpaired) electrons. The Hall–Kier alpha value is -3.58. The molecule has 0 amide bonds. The summed E-state index contributed by atoms with van der Waals surface area (Å²) in [4.78, 5) is 11.7. The standard InChI is InChI=1S/C16H11N5O2/c17-4-7-22-11-1-2-12(15(9-11)23-8-5-18)16-20-13-3-6-19-10-14(13)21-16/h1-3,6,9-10H,7-8H2,(H,20,21). The highest BCUT2D eigenvalue weighted by Crippen LogP contribution is 2.33. The monoisotopic (exact) mass is 305 g/mol. The van der Waals surface area contributed by atoms with Crippen LogP contribution in [-0.4, -0.2) is 28.2 Å². The van der Waals surface area contributed by atoms with Crippen LogP contribution in [0.4, 0.5) is 0 Å². The first-order valence-electron chi connectivity index (χ1n) is 6.75. The van der Waals surface area contributed by atoms with Crippen LogP contribution >= 0.6 is 0 Å². The summed E-state index contributed by atoms with van der Waals surface area (Å²) in [5.41, 5.74) is 2.28. The first-order valence-corrected chi connectivity index (χ1v) is 6.75. The smallest absolute Gasteiger partial charge is 0.174 e. The molecule has 7 nitrogen and oxygen atoms in total. The lowest BCUT2D eigenvalue weighted by molar-refractivity contribution is 0.350. The van der Waals surface area contributed by atoms with Crippen molar-refractivity contribution in [2.24, 2.45) is 0 Å². The third kappa shape index (κ3) is 3.04. The maximum Gasteiger partial charge on any atom is 0.174 e. The molecule has 0 unspecified atom stereocenters. The summed E-state index contributed by atoms with van der Waals surface area (Å²) in [5.74, 6) is 1.54. The number of benzene rings is 1. The molecule has 0 spiro atoms. The second-order valence-electron chi connectivity index (χ2n) is 4.53. The summed E-state index contributed by atoms with van der Waals surface area (Å²) in [6, 6.07) is 10.8. The van der Waals surface area contributed by atoms with E-state index < -0.39 is 0 Å². The maximum absolute atomic E-state index is 8.73. The number of nitrogens with zero attached hydrogens (tertiary/aromatic N) is 4. The van der Waals surface area contributed by atoms with E-state index >= 15 is 0 Å². The number of H-pyrrole nitrogens is 1. The average molecular weight is 305 g/mol. The zero-order chi connectivity index (χ0) is 16.1. The molecule has 0 bridgehead atoms. The lowest BCUT2D eigenvalue weighted by Crippen LogP contribution is -1.99. The van der Waals surface area contributed by atoms with Gasteiger partial charge in [-0.25, -0.2) is 4.98 Å². The fourth-order valence-electron chi connectivity index (χ4n) is 2.12. The molecule has 2 heterocycles. The van der Waals surface area contributed by atoms with Crippen molar-refractivity contribution in [1.82, 2.24) is 15.0 Å². The molecule has 0 aliphatic rings. The van der Waals surface area contributed by atoms with Gasteiger partial charge in [0.15, 0.2) is 13.2 Å². The zero-order valence-corrected chi connectivity index (χ0v) is 12.0. The number of hydrogen-bond acceptors (Lipinski definition) is 6. The van der Waals surface area contributed by atoms with E-state index in [1.807, 2.05) is 18.2 Å². The van der Waals surface area contributed by atoms with Crippen LogP contribution in [0.25, 0.3) is 22.4 Å². The molecule has 3 aromatic rings. The minimum Gasteiger partial charge on any atom is -0.479 e. The number of nitriles is 2. The Kier molecular flexibility index (Phi) is 4.03. The number of aromatic nitrogens is 3. The predicted molar refractivity (Wildman–Crippen MR) is 81.5 cm³/mol. The molecule has 7 heteroatoms. The van der Waals surface area contributed by atoms with Crippen molar-refractivity contribution in [3.63, 3.8) is 0 Å². The van der Waals surface area contributed by atoms with Crippen LogP contribution in [0.15, 0.2) is 36.7 Å². The summed E-state index contributed by atoms with van der Waals surface area (Å²) in [6.07, 6.45) is 3.34. The molecular weight excluding hydrogens is 294 g/mol. The number of pyridine rings is 1. The Morgan fingerprint density at radius 3 is 2.70 bits per heavy atom. The Morgan fingerprint density at radius 2 is 1.91 bits per heavy atom. The minimum absolute atomic E-state index is 0.0622. The van der Waals surface area contributed by atoms with Crippen molar-refractivity contribution >= 4 is 11.0 Å². The van der Waals surface area contributed by atoms with Crippen LogP contribution in [0, 0.1) is 22.7 Å². The SMILES string of the molecule is N#CCOc1ccc(-c2nc3cnccc3[nH]2)c(OCC#N)c1. The third-order valence-electron chi connectivity index (χ3n) is 3.09. The third-order valence-corrected chi connectivity index (χ3v) is 3.09. The number of rotatable bonds is 5. The van der Waals surface area contributed by atoms with Gasteiger partial charge in [0.1, 0.15) is 35.0 Å². The van der Waals surface area contributed by atoms with Crippen LogP contribution in [0.2, 0.25) is 0 Å². The van der Waals surface area contributed by atoms with Crippen molar-refractivity contribution < 1.29 is 9.47 Å². The Morgan fingerprint density at radius 1 is 1.09 bits per heavy atom. The number of fused-ring (bicyclic) bond motifs is 1. The maximum atomic E-state index is 8.73. The molecule has 0 atom stereocenters. The van der Waals surface area contributed by atoms with Crippen molar-refractivity contribution in [2.45, 2.75) is 0 Å². The van der Waals surface area contributed by atoms with Gasteiger partial charge in [0.2, 0.25) is 0 Å². The van der Waals surface area contributed by atoms with Crippen molar-refractivity contribution in [1.29, 1.82) is 10.5 Å². The van der Waals surface area contributed by atoms with Gasteiger partial charge in [-0.2, -0.15) is 10.5 Å².